The van der Waals surface area contributed by atoms with Crippen molar-refractivity contribution in [1.29, 1.82) is 5.26 Å². The number of benzene rings is 3. The molecule has 0 radical (unpaired) electrons. The maximum atomic E-state index is 15.0. The van der Waals surface area contributed by atoms with Gasteiger partial charge >= 0.3 is 11.9 Å². The smallest absolute Gasteiger partial charge is 0.335 e. The molecule has 4 aromatic rings. The first kappa shape index (κ1) is 38.0. The number of nitrogens with zero attached hydrogens (tertiary/aromatic N) is 3. The molecule has 8 heterocycles. The molecule has 4 bridgehead atoms. The summed E-state index contributed by atoms with van der Waals surface area (Å²) in [5.74, 6) is 0.896. The molecule has 15 heteroatoms. The van der Waals surface area contributed by atoms with E-state index in [4.69, 9.17) is 28.1 Å². The molecule has 14 nitrogen and oxygen atoms in total. The van der Waals surface area contributed by atoms with E-state index in [0.717, 1.165) is 22.1 Å². The highest BCUT2D eigenvalue weighted by Crippen LogP contribution is 2.65. The molecule has 0 aliphatic carbocycles. The minimum absolute atomic E-state index is 0.0187. The highest BCUT2D eigenvalue weighted by molar-refractivity contribution is 7.99. The average molecular weight is 821 g/mol. The van der Waals surface area contributed by atoms with Gasteiger partial charge in [0.25, 0.3) is 0 Å². The zero-order chi connectivity index (χ0) is 41.1. The summed E-state index contributed by atoms with van der Waals surface area (Å²) < 4.78 is 37.4. The standard InChI is InChI=1S/C44H44N4O10S/c1-6-11-47-27-13-23-12-20(2)37(53-5)36(51)31(23)34(47)35-41-33-32(40-39(55-19-56-40)21(3)38(33)57-22(4)50)29(48(35)28(27)15-45)17-54-43(52)44(18-59-41)42-26(14-24(16-49)46-44)25-9-7-8-10-30(25)58-42/h6-10,12,24,27-29,34-35,41,46,49,51H,1,11,13-14,16-19H2,2-5H3/t24-,27-,28-,29-,34+,35+,41+,44+/m0/s1. The van der Waals surface area contributed by atoms with E-state index in [0.29, 0.717) is 76.0 Å². The molecule has 59 heavy (non-hydrogen) atoms. The van der Waals surface area contributed by atoms with Gasteiger partial charge in [0.1, 0.15) is 29.7 Å². The van der Waals surface area contributed by atoms with Gasteiger partial charge < -0.3 is 38.3 Å². The monoisotopic (exact) mass is 820 g/mol. The second kappa shape index (κ2) is 13.9. The maximum Gasteiger partial charge on any atom is 0.335 e. The molecule has 0 unspecified atom stereocenters. The SMILES string of the molecule is C=CCN1[C@@H]2c3c(cc(C)c(OC)c3O)C[C@H]1[C@H](C#N)N1[C@H]2[C@@H]2SC[C@]3(N[C@H](CO)Cc4c3oc3ccccc43)C(=O)OC[C@H]1c1c3c(c(C)c(OC(C)=O)c12)OCO3. The summed E-state index contributed by atoms with van der Waals surface area (Å²) in [5.41, 5.74) is 4.07. The van der Waals surface area contributed by atoms with E-state index in [1.54, 1.807) is 0 Å². The number of methoxy groups -OCH3 is 1. The average Bonchev–Trinajstić information content (AvgIpc) is 3.87. The molecular weight excluding hydrogens is 777 g/mol. The number of rotatable bonds is 5. The van der Waals surface area contributed by atoms with Gasteiger partial charge in [0.05, 0.1) is 37.1 Å². The zero-order valence-electron chi connectivity index (χ0n) is 33.1. The third-order valence-corrected chi connectivity index (χ3v) is 14.6. The van der Waals surface area contributed by atoms with Crippen molar-refractivity contribution in [3.8, 4) is 34.8 Å². The molecule has 11 rings (SSSR count). The van der Waals surface area contributed by atoms with E-state index in [1.165, 1.54) is 25.8 Å². The van der Waals surface area contributed by atoms with Crippen LogP contribution in [0.2, 0.25) is 0 Å². The largest absolute Gasteiger partial charge is 0.504 e. The third-order valence-electron chi connectivity index (χ3n) is 13.1. The van der Waals surface area contributed by atoms with E-state index >= 15 is 4.79 Å². The molecule has 306 valence electrons. The number of carbonyl (C=O) groups excluding carboxylic acids is 2. The molecule has 1 aromatic heterocycles. The van der Waals surface area contributed by atoms with Gasteiger partial charge in [0.2, 0.25) is 6.79 Å². The second-order valence-electron chi connectivity index (χ2n) is 16.2. The summed E-state index contributed by atoms with van der Waals surface area (Å²) in [7, 11) is 1.53. The summed E-state index contributed by atoms with van der Waals surface area (Å²) in [4.78, 5) is 32.5. The lowest BCUT2D eigenvalue weighted by Crippen LogP contribution is -2.70. The van der Waals surface area contributed by atoms with Gasteiger partial charge in [-0.1, -0.05) is 30.3 Å². The summed E-state index contributed by atoms with van der Waals surface area (Å²) in [6, 6.07) is 8.74. The van der Waals surface area contributed by atoms with Crippen LogP contribution in [0.25, 0.3) is 11.0 Å². The van der Waals surface area contributed by atoms with Gasteiger partial charge in [-0.3, -0.25) is 19.9 Å². The highest BCUT2D eigenvalue weighted by atomic mass is 32.2. The second-order valence-corrected chi connectivity index (χ2v) is 17.3. The van der Waals surface area contributed by atoms with E-state index in [-0.39, 0.29) is 37.6 Å². The van der Waals surface area contributed by atoms with Gasteiger partial charge in [-0.2, -0.15) is 5.26 Å². The summed E-state index contributed by atoms with van der Waals surface area (Å²) in [5, 5.41) is 37.9. The predicted octanol–water partition coefficient (Wildman–Crippen LogP) is 4.94. The van der Waals surface area contributed by atoms with Crippen molar-refractivity contribution in [2.24, 2.45) is 0 Å². The van der Waals surface area contributed by atoms with Gasteiger partial charge in [0, 0.05) is 70.6 Å². The molecule has 3 N–H and O–H groups in total. The van der Waals surface area contributed by atoms with Crippen LogP contribution in [0.5, 0.6) is 28.7 Å². The first-order valence-corrected chi connectivity index (χ1v) is 20.9. The van der Waals surface area contributed by atoms with E-state index in [2.05, 4.69) is 27.8 Å². The number of fused-ring (bicyclic) bond motifs is 11. The Morgan fingerprint density at radius 1 is 1.15 bits per heavy atom. The summed E-state index contributed by atoms with van der Waals surface area (Å²) in [6.07, 6.45) is 2.68. The number of aromatic hydroxyl groups is 1. The topological polar surface area (TPSA) is 176 Å². The molecule has 0 amide bonds. The van der Waals surface area contributed by atoms with Crippen molar-refractivity contribution < 1.29 is 47.9 Å². The van der Waals surface area contributed by atoms with Crippen LogP contribution in [0.1, 0.15) is 69.0 Å². The lowest BCUT2D eigenvalue weighted by Gasteiger charge is -2.62. The molecular formula is C44H44N4O10S. The summed E-state index contributed by atoms with van der Waals surface area (Å²) in [6.45, 7) is 9.03. The van der Waals surface area contributed by atoms with Crippen molar-refractivity contribution >= 4 is 34.7 Å². The first-order valence-electron chi connectivity index (χ1n) is 19.8. The van der Waals surface area contributed by atoms with E-state index in [9.17, 15) is 20.3 Å². The van der Waals surface area contributed by atoms with Crippen molar-refractivity contribution in [1.82, 2.24) is 15.1 Å². The first-order chi connectivity index (χ1) is 28.6. The maximum absolute atomic E-state index is 15.0. The number of esters is 2. The molecule has 2 fully saturated rings. The number of aliphatic hydroxyl groups is 1. The Balaban J connectivity index is 1.27. The van der Waals surface area contributed by atoms with Crippen LogP contribution in [0.4, 0.5) is 0 Å². The fourth-order valence-corrected chi connectivity index (χ4v) is 12.6. The number of ether oxygens (including phenoxy) is 5. The minimum Gasteiger partial charge on any atom is -0.504 e. The van der Waals surface area contributed by atoms with Crippen LogP contribution < -0.4 is 24.3 Å². The number of nitrogens with one attached hydrogen (secondary N) is 1. The number of aryl methyl sites for hydroxylation is 1. The van der Waals surface area contributed by atoms with Gasteiger partial charge in [-0.05, 0) is 43.9 Å². The number of nitriles is 1. The minimum atomic E-state index is -1.56. The molecule has 7 aliphatic heterocycles. The number of para-hydroxylation sites is 1. The number of hydrogen-bond donors (Lipinski definition) is 3. The van der Waals surface area contributed by atoms with Crippen molar-refractivity contribution in [3.63, 3.8) is 0 Å². The van der Waals surface area contributed by atoms with Crippen LogP contribution in [0.15, 0.2) is 47.4 Å². The van der Waals surface area contributed by atoms with Gasteiger partial charge in [-0.15, -0.1) is 18.3 Å². The number of phenolic OH excluding ortho intramolecular Hbond substituents is 1. The Hall–Kier alpha value is -5.24. The Labute approximate surface area is 344 Å². The van der Waals surface area contributed by atoms with Crippen LogP contribution in [-0.4, -0.2) is 95.5 Å². The lowest BCUT2D eigenvalue weighted by molar-refractivity contribution is -0.159. The number of phenols is 1. The quantitative estimate of drug-likeness (QED) is 0.140. The van der Waals surface area contributed by atoms with Crippen LogP contribution in [-0.2, 0) is 32.7 Å². The van der Waals surface area contributed by atoms with E-state index in [1.807, 2.05) is 50.3 Å². The number of aliphatic hydroxyl groups excluding tert-OH is 1. The highest BCUT2D eigenvalue weighted by Gasteiger charge is 2.63. The molecule has 8 atom stereocenters. The summed E-state index contributed by atoms with van der Waals surface area (Å²) >= 11 is 1.44. The molecule has 7 aliphatic rings. The Bertz CT molecular complexity index is 2510. The fraction of sp³-hybridized carbons (Fsp3) is 0.432. The Kier molecular flexibility index (Phi) is 8.97. The van der Waals surface area contributed by atoms with Crippen molar-refractivity contribution in [3.05, 3.63) is 87.7 Å². The third kappa shape index (κ3) is 5.26. The van der Waals surface area contributed by atoms with Crippen LogP contribution in [0.3, 0.4) is 0 Å². The lowest BCUT2D eigenvalue weighted by atomic mass is 9.71. The Morgan fingerprint density at radius 3 is 2.69 bits per heavy atom. The molecule has 3 aromatic carbocycles. The number of hydrogen-bond acceptors (Lipinski definition) is 15. The van der Waals surface area contributed by atoms with Gasteiger partial charge in [-0.25, -0.2) is 4.79 Å². The number of thioether (sulfide) groups is 1. The fourth-order valence-electron chi connectivity index (χ4n) is 11.0. The normalized spacial score (nSPS) is 29.2. The predicted molar refractivity (Wildman–Crippen MR) is 215 cm³/mol. The zero-order valence-corrected chi connectivity index (χ0v) is 33.9. The molecule has 2 saturated heterocycles. The van der Waals surface area contributed by atoms with Crippen LogP contribution in [0, 0.1) is 25.2 Å². The van der Waals surface area contributed by atoms with Crippen LogP contribution >= 0.6 is 11.8 Å². The molecule has 1 spiro atoms. The van der Waals surface area contributed by atoms with E-state index < -0.39 is 52.9 Å². The number of carbonyl (C=O) groups is 2. The number of furan rings is 1. The van der Waals surface area contributed by atoms with Gasteiger partial charge in [0.15, 0.2) is 28.5 Å². The molecule has 0 saturated carbocycles. The Morgan fingerprint density at radius 2 is 1.95 bits per heavy atom. The van der Waals surface area contributed by atoms with Crippen molar-refractivity contribution in [2.75, 3.05) is 39.4 Å². The number of piperazine rings is 1. The van der Waals surface area contributed by atoms with Crippen molar-refractivity contribution in [2.45, 2.75) is 80.7 Å².